The molecule has 0 aliphatic carbocycles. The summed E-state index contributed by atoms with van der Waals surface area (Å²) in [6.07, 6.45) is 0.136. The molecule has 2 rings (SSSR count). The lowest BCUT2D eigenvalue weighted by molar-refractivity contribution is -0.0257. The number of anilines is 1. The summed E-state index contributed by atoms with van der Waals surface area (Å²) in [6.45, 7) is 1.70. The normalized spacial score (nSPS) is 18.6. The third-order valence-corrected chi connectivity index (χ3v) is 3.49. The number of aliphatic hydroxyl groups excluding tert-OH is 2. The van der Waals surface area contributed by atoms with Crippen molar-refractivity contribution in [3.63, 3.8) is 0 Å². The van der Waals surface area contributed by atoms with Crippen molar-refractivity contribution in [3.8, 4) is 0 Å². The number of ether oxygens (including phenoxy) is 1. The Morgan fingerprint density at radius 1 is 1.43 bits per heavy atom. The minimum Gasteiger partial charge on any atom is -0.394 e. The molecule has 1 aromatic heterocycles. The Labute approximate surface area is 122 Å². The number of fused-ring (bicyclic) bond motifs is 1. The molecule has 4 N–H and O–H groups in total. The number of carbonyl (C=O) groups excluding carboxylic acids is 1. The van der Waals surface area contributed by atoms with Gasteiger partial charge in [0.2, 0.25) is 0 Å². The average molecular weight is 299 g/mol. The Hall–Kier alpha value is -1.68. The van der Waals surface area contributed by atoms with E-state index in [0.717, 1.165) is 0 Å². The van der Waals surface area contributed by atoms with Crippen LogP contribution in [0.2, 0.25) is 0 Å². The third-order valence-electron chi connectivity index (χ3n) is 3.49. The maximum absolute atomic E-state index is 12.4. The molecule has 0 spiro atoms. The number of nitrogens with zero attached hydrogens (tertiary/aromatic N) is 4. The van der Waals surface area contributed by atoms with Crippen molar-refractivity contribution in [2.75, 3.05) is 31.4 Å². The van der Waals surface area contributed by atoms with E-state index >= 15 is 0 Å². The number of amides is 1. The van der Waals surface area contributed by atoms with Gasteiger partial charge in [-0.1, -0.05) is 0 Å². The van der Waals surface area contributed by atoms with E-state index < -0.39 is 12.4 Å². The van der Waals surface area contributed by atoms with E-state index in [1.807, 2.05) is 6.92 Å². The molecule has 9 heteroatoms. The van der Waals surface area contributed by atoms with Gasteiger partial charge < -0.3 is 24.4 Å². The van der Waals surface area contributed by atoms with Crippen LogP contribution in [0.1, 0.15) is 17.4 Å². The van der Waals surface area contributed by atoms with Crippen LogP contribution in [0.4, 0.5) is 5.82 Å². The van der Waals surface area contributed by atoms with Crippen molar-refractivity contribution in [3.05, 3.63) is 12.0 Å². The first-order valence-corrected chi connectivity index (χ1v) is 6.72. The molecule has 1 aromatic rings. The molecule has 1 atom stereocenters. The molecule has 0 fully saturated rings. The van der Waals surface area contributed by atoms with Crippen molar-refractivity contribution in [1.82, 2.24) is 14.5 Å². The van der Waals surface area contributed by atoms with Gasteiger partial charge in [0, 0.05) is 13.6 Å². The highest BCUT2D eigenvalue weighted by Crippen LogP contribution is 2.27. The number of hydrogen-bond donors (Lipinski definition) is 3. The molecule has 9 nitrogen and oxygen atoms in total. The molecule has 118 valence electrons. The first-order chi connectivity index (χ1) is 10.0. The monoisotopic (exact) mass is 299 g/mol. The van der Waals surface area contributed by atoms with Crippen LogP contribution in [-0.2, 0) is 11.8 Å². The van der Waals surface area contributed by atoms with Gasteiger partial charge in [0.15, 0.2) is 17.8 Å². The smallest absolute Gasteiger partial charge is 0.277 e. The quantitative estimate of drug-likeness (QED) is 0.571. The van der Waals surface area contributed by atoms with Crippen molar-refractivity contribution < 1.29 is 19.7 Å². The number of imidazole rings is 1. The topological polar surface area (TPSA) is 117 Å². The van der Waals surface area contributed by atoms with Crippen molar-refractivity contribution in [2.45, 2.75) is 19.3 Å². The summed E-state index contributed by atoms with van der Waals surface area (Å²) in [5.74, 6) is 0.256. The number of carbonyl (C=O) groups is 1. The van der Waals surface area contributed by atoms with Crippen LogP contribution in [0, 0.1) is 0 Å². The van der Waals surface area contributed by atoms with Crippen LogP contribution in [0.15, 0.2) is 6.33 Å². The second kappa shape index (κ2) is 6.39. The van der Waals surface area contributed by atoms with E-state index in [-0.39, 0.29) is 25.9 Å². The highest BCUT2D eigenvalue weighted by Gasteiger charge is 2.38. The maximum atomic E-state index is 12.4. The number of aromatic nitrogens is 2. The van der Waals surface area contributed by atoms with Crippen LogP contribution in [0.25, 0.3) is 0 Å². The molecule has 0 saturated heterocycles. The SMILES string of the molecule is CCN1C(=O)c2c(ncn2C)N(COC(CO)CO)C1N. The minimum absolute atomic E-state index is 0.0146. The first-order valence-electron chi connectivity index (χ1n) is 6.72. The molecule has 2 heterocycles. The molecule has 0 saturated carbocycles. The highest BCUT2D eigenvalue weighted by atomic mass is 16.5. The minimum atomic E-state index is -0.706. The lowest BCUT2D eigenvalue weighted by Gasteiger charge is -2.41. The predicted octanol–water partition coefficient (Wildman–Crippen LogP) is -1.73. The Morgan fingerprint density at radius 2 is 2.10 bits per heavy atom. The van der Waals surface area contributed by atoms with Crippen LogP contribution in [0.5, 0.6) is 0 Å². The van der Waals surface area contributed by atoms with Crippen molar-refractivity contribution >= 4 is 11.7 Å². The second-order valence-corrected chi connectivity index (χ2v) is 4.79. The fraction of sp³-hybridized carbons (Fsp3) is 0.667. The lowest BCUT2D eigenvalue weighted by Crippen LogP contribution is -2.61. The lowest BCUT2D eigenvalue weighted by atomic mass is 10.2. The summed E-state index contributed by atoms with van der Waals surface area (Å²) in [5, 5.41) is 18.1. The predicted molar refractivity (Wildman–Crippen MR) is 74.3 cm³/mol. The third kappa shape index (κ3) is 2.72. The fourth-order valence-electron chi connectivity index (χ4n) is 2.24. The second-order valence-electron chi connectivity index (χ2n) is 4.79. The average Bonchev–Trinajstić information content (AvgIpc) is 2.85. The van der Waals surface area contributed by atoms with E-state index in [2.05, 4.69) is 4.98 Å². The van der Waals surface area contributed by atoms with E-state index in [1.165, 1.54) is 11.2 Å². The molecule has 1 unspecified atom stereocenters. The van der Waals surface area contributed by atoms with Crippen LogP contribution in [0.3, 0.4) is 0 Å². The van der Waals surface area contributed by atoms with Gasteiger partial charge in [-0.05, 0) is 6.92 Å². The van der Waals surface area contributed by atoms with Gasteiger partial charge in [-0.15, -0.1) is 0 Å². The molecule has 21 heavy (non-hydrogen) atoms. The van der Waals surface area contributed by atoms with E-state index in [0.29, 0.717) is 18.1 Å². The van der Waals surface area contributed by atoms with E-state index in [9.17, 15) is 4.79 Å². The molecule has 1 amide bonds. The van der Waals surface area contributed by atoms with Gasteiger partial charge in [0.1, 0.15) is 12.8 Å². The Morgan fingerprint density at radius 3 is 2.67 bits per heavy atom. The van der Waals surface area contributed by atoms with Crippen molar-refractivity contribution in [2.24, 2.45) is 12.8 Å². The Bertz CT molecular complexity index is 502. The van der Waals surface area contributed by atoms with Gasteiger partial charge in [0.05, 0.1) is 19.5 Å². The number of aliphatic hydroxyl groups is 2. The number of nitrogens with two attached hydrogens (primary N) is 1. The standard InChI is InChI=1S/C12H21N5O4/c1-3-16-11(20)9-10(14-6-15(9)2)17(12(16)13)7-21-8(4-18)5-19/h6,8,12,18-19H,3-5,7,13H2,1-2H3. The summed E-state index contributed by atoms with van der Waals surface area (Å²) in [5.41, 5.74) is 6.53. The molecule has 1 aliphatic heterocycles. The van der Waals surface area contributed by atoms with Gasteiger partial charge in [0.25, 0.3) is 5.91 Å². The highest BCUT2D eigenvalue weighted by molar-refractivity contribution is 5.99. The zero-order valence-electron chi connectivity index (χ0n) is 12.1. The summed E-state index contributed by atoms with van der Waals surface area (Å²) in [6, 6.07) is 0. The molecular formula is C12H21N5O4. The summed E-state index contributed by atoms with van der Waals surface area (Å²) in [7, 11) is 1.73. The zero-order valence-corrected chi connectivity index (χ0v) is 12.1. The number of hydrogen-bond acceptors (Lipinski definition) is 7. The van der Waals surface area contributed by atoms with E-state index in [4.69, 9.17) is 20.7 Å². The first kappa shape index (κ1) is 15.7. The Kier molecular flexibility index (Phi) is 4.78. The van der Waals surface area contributed by atoms with Gasteiger partial charge in [-0.25, -0.2) is 4.98 Å². The molecule has 0 bridgehead atoms. The summed E-state index contributed by atoms with van der Waals surface area (Å²) in [4.78, 5) is 19.7. The van der Waals surface area contributed by atoms with Gasteiger partial charge in [-0.2, -0.15) is 0 Å². The zero-order chi connectivity index (χ0) is 15.6. The van der Waals surface area contributed by atoms with Gasteiger partial charge in [-0.3, -0.25) is 15.4 Å². The molecular weight excluding hydrogens is 278 g/mol. The van der Waals surface area contributed by atoms with Crippen LogP contribution < -0.4 is 10.6 Å². The van der Waals surface area contributed by atoms with Gasteiger partial charge >= 0.3 is 0 Å². The number of aryl methyl sites for hydroxylation is 1. The summed E-state index contributed by atoms with van der Waals surface area (Å²) >= 11 is 0. The molecule has 0 radical (unpaired) electrons. The van der Waals surface area contributed by atoms with Crippen molar-refractivity contribution in [1.29, 1.82) is 0 Å². The number of rotatable bonds is 6. The summed E-state index contributed by atoms with van der Waals surface area (Å²) < 4.78 is 7.04. The van der Waals surface area contributed by atoms with E-state index in [1.54, 1.807) is 16.5 Å². The maximum Gasteiger partial charge on any atom is 0.277 e. The fourth-order valence-corrected chi connectivity index (χ4v) is 2.24. The molecule has 1 aliphatic rings. The Balaban J connectivity index is 2.26. The largest absolute Gasteiger partial charge is 0.394 e. The molecule has 0 aromatic carbocycles. The van der Waals surface area contributed by atoms with Crippen LogP contribution >= 0.6 is 0 Å². The van der Waals surface area contributed by atoms with Crippen LogP contribution in [-0.4, -0.2) is 69.5 Å².